The molecule has 0 aliphatic carbocycles. The molecule has 0 aromatic heterocycles. The van der Waals surface area contributed by atoms with Crippen molar-refractivity contribution in [2.45, 2.75) is 32.0 Å². The van der Waals surface area contributed by atoms with E-state index < -0.39 is 17.7 Å². The molecule has 0 heterocycles. The maximum Gasteiger partial charge on any atom is 0.163 e. The van der Waals surface area contributed by atoms with Gasteiger partial charge in [0, 0.05) is 18.2 Å². The molecule has 1 aromatic carbocycles. The van der Waals surface area contributed by atoms with Crippen LogP contribution in [0.5, 0.6) is 0 Å². The van der Waals surface area contributed by atoms with Gasteiger partial charge in [-0.15, -0.1) is 0 Å². The largest absolute Gasteiger partial charge is 0.394 e. The van der Waals surface area contributed by atoms with Crippen LogP contribution in [-0.4, -0.2) is 40.9 Å². The second kappa shape index (κ2) is 6.78. The third-order valence-electron chi connectivity index (χ3n) is 3.03. The van der Waals surface area contributed by atoms with Crippen LogP contribution >= 0.6 is 0 Å². The Hall–Kier alpha value is -1.04. The van der Waals surface area contributed by atoms with Gasteiger partial charge in [-0.2, -0.15) is 0 Å². The maximum atomic E-state index is 13.5. The molecule has 3 nitrogen and oxygen atoms in total. The zero-order valence-electron chi connectivity index (χ0n) is 10.6. The molecule has 0 amide bonds. The first-order valence-electron chi connectivity index (χ1n) is 5.87. The van der Waals surface area contributed by atoms with E-state index in [-0.39, 0.29) is 24.8 Å². The second-order valence-corrected chi connectivity index (χ2v) is 4.55. The Kier molecular flexibility index (Phi) is 5.65. The fourth-order valence-electron chi connectivity index (χ4n) is 1.74. The summed E-state index contributed by atoms with van der Waals surface area (Å²) in [5, 5.41) is 18.1. The van der Waals surface area contributed by atoms with Crippen LogP contribution in [0, 0.1) is 11.6 Å². The lowest BCUT2D eigenvalue weighted by atomic mass is 10.1. The van der Waals surface area contributed by atoms with Gasteiger partial charge in [0.1, 0.15) is 0 Å². The number of halogens is 2. The summed E-state index contributed by atoms with van der Waals surface area (Å²) >= 11 is 0. The molecule has 2 N–H and O–H groups in total. The molecule has 5 heteroatoms. The van der Waals surface area contributed by atoms with Crippen molar-refractivity contribution in [2.24, 2.45) is 0 Å². The molecule has 0 aliphatic heterocycles. The number of nitrogens with zero attached hydrogens (tertiary/aromatic N) is 1. The summed E-state index contributed by atoms with van der Waals surface area (Å²) in [6, 6.07) is 4.03. The maximum absolute atomic E-state index is 13.5. The average molecular weight is 259 g/mol. The quantitative estimate of drug-likeness (QED) is 0.814. The minimum atomic E-state index is -0.857. The lowest BCUT2D eigenvalue weighted by molar-refractivity contribution is 0.0632. The Morgan fingerprint density at radius 3 is 2.61 bits per heavy atom. The number of benzene rings is 1. The SMILES string of the molecule is C[C@@H](C[C@H](O)CO)N(C)Cc1cccc(F)c1F. The van der Waals surface area contributed by atoms with Crippen LogP contribution in [-0.2, 0) is 6.54 Å². The van der Waals surface area contributed by atoms with Crippen molar-refractivity contribution >= 4 is 0 Å². The van der Waals surface area contributed by atoms with Crippen molar-refractivity contribution in [3.8, 4) is 0 Å². The molecule has 0 saturated carbocycles. The van der Waals surface area contributed by atoms with E-state index in [9.17, 15) is 13.9 Å². The third kappa shape index (κ3) is 4.01. The summed E-state index contributed by atoms with van der Waals surface area (Å²) in [5.74, 6) is -1.69. The van der Waals surface area contributed by atoms with Crippen LogP contribution in [0.1, 0.15) is 18.9 Å². The standard InChI is InChI=1S/C13H19F2NO2/c1-9(6-11(18)8-17)16(2)7-10-4-3-5-12(14)13(10)15/h3-5,9,11,17-18H,6-8H2,1-2H3/t9-,11-/m0/s1. The lowest BCUT2D eigenvalue weighted by Crippen LogP contribution is -2.33. The number of hydrogen-bond acceptors (Lipinski definition) is 3. The van der Waals surface area contributed by atoms with Gasteiger partial charge in [0.05, 0.1) is 12.7 Å². The Morgan fingerprint density at radius 2 is 2.00 bits per heavy atom. The van der Waals surface area contributed by atoms with E-state index in [1.165, 1.54) is 12.1 Å². The van der Waals surface area contributed by atoms with Crippen LogP contribution in [0.25, 0.3) is 0 Å². The smallest absolute Gasteiger partial charge is 0.163 e. The lowest BCUT2D eigenvalue weighted by Gasteiger charge is -2.26. The number of rotatable bonds is 6. The Morgan fingerprint density at radius 1 is 1.33 bits per heavy atom. The fourth-order valence-corrected chi connectivity index (χ4v) is 1.74. The summed E-state index contributed by atoms with van der Waals surface area (Å²) in [4.78, 5) is 1.80. The molecule has 0 unspecified atom stereocenters. The number of hydrogen-bond donors (Lipinski definition) is 2. The van der Waals surface area contributed by atoms with Crippen LogP contribution in [0.15, 0.2) is 18.2 Å². The first-order chi connectivity index (χ1) is 8.45. The zero-order chi connectivity index (χ0) is 13.7. The molecule has 0 fully saturated rings. The van der Waals surface area contributed by atoms with Crippen molar-refractivity contribution in [3.05, 3.63) is 35.4 Å². The van der Waals surface area contributed by atoms with Crippen LogP contribution in [0.3, 0.4) is 0 Å². The molecule has 0 aliphatic rings. The van der Waals surface area contributed by atoms with Crippen LogP contribution in [0.2, 0.25) is 0 Å². The summed E-state index contributed by atoms with van der Waals surface area (Å²) in [6.07, 6.45) is -0.413. The highest BCUT2D eigenvalue weighted by atomic mass is 19.2. The summed E-state index contributed by atoms with van der Waals surface area (Å²) in [5.41, 5.74) is 0.280. The molecule has 0 bridgehead atoms. The molecule has 0 spiro atoms. The number of aliphatic hydroxyl groups excluding tert-OH is 2. The Labute approximate surface area is 106 Å². The normalized spacial score (nSPS) is 14.8. The Bertz CT molecular complexity index is 387. The van der Waals surface area contributed by atoms with Crippen molar-refractivity contribution in [2.75, 3.05) is 13.7 Å². The van der Waals surface area contributed by atoms with E-state index in [2.05, 4.69) is 0 Å². The molecule has 1 aromatic rings. The predicted octanol–water partition coefficient (Wildman–Crippen LogP) is 1.53. The molecular formula is C13H19F2NO2. The highest BCUT2D eigenvalue weighted by molar-refractivity contribution is 5.18. The van der Waals surface area contributed by atoms with Gasteiger partial charge >= 0.3 is 0 Å². The van der Waals surface area contributed by atoms with E-state index in [0.29, 0.717) is 6.42 Å². The van der Waals surface area contributed by atoms with Crippen molar-refractivity contribution < 1.29 is 19.0 Å². The monoisotopic (exact) mass is 259 g/mol. The number of aliphatic hydroxyl groups is 2. The summed E-state index contributed by atoms with van der Waals surface area (Å²) < 4.78 is 26.5. The van der Waals surface area contributed by atoms with E-state index in [1.807, 2.05) is 6.92 Å². The first kappa shape index (κ1) is 15.0. The van der Waals surface area contributed by atoms with Gasteiger partial charge in [-0.1, -0.05) is 12.1 Å². The van der Waals surface area contributed by atoms with Crippen molar-refractivity contribution in [1.29, 1.82) is 0 Å². The van der Waals surface area contributed by atoms with Gasteiger partial charge in [0.15, 0.2) is 11.6 Å². The average Bonchev–Trinajstić information content (AvgIpc) is 2.34. The van der Waals surface area contributed by atoms with Crippen LogP contribution in [0.4, 0.5) is 8.78 Å². The van der Waals surface area contributed by atoms with E-state index in [1.54, 1.807) is 11.9 Å². The third-order valence-corrected chi connectivity index (χ3v) is 3.03. The van der Waals surface area contributed by atoms with E-state index >= 15 is 0 Å². The van der Waals surface area contributed by atoms with Crippen molar-refractivity contribution in [3.63, 3.8) is 0 Å². The highest BCUT2D eigenvalue weighted by Crippen LogP contribution is 2.15. The predicted molar refractivity (Wildman–Crippen MR) is 65.0 cm³/mol. The van der Waals surface area contributed by atoms with Gasteiger partial charge in [-0.05, 0) is 26.5 Å². The van der Waals surface area contributed by atoms with Crippen molar-refractivity contribution in [1.82, 2.24) is 4.90 Å². The van der Waals surface area contributed by atoms with Gasteiger partial charge in [-0.25, -0.2) is 8.78 Å². The molecule has 1 rings (SSSR count). The van der Waals surface area contributed by atoms with Gasteiger partial charge in [0.2, 0.25) is 0 Å². The molecule has 0 radical (unpaired) electrons. The molecule has 2 atom stereocenters. The first-order valence-corrected chi connectivity index (χ1v) is 5.87. The molecule has 18 heavy (non-hydrogen) atoms. The minimum Gasteiger partial charge on any atom is -0.394 e. The molecular weight excluding hydrogens is 240 g/mol. The Balaban J connectivity index is 2.63. The second-order valence-electron chi connectivity index (χ2n) is 4.55. The summed E-state index contributed by atoms with van der Waals surface area (Å²) in [7, 11) is 1.76. The highest BCUT2D eigenvalue weighted by Gasteiger charge is 2.16. The zero-order valence-corrected chi connectivity index (χ0v) is 10.6. The molecule has 102 valence electrons. The van der Waals surface area contributed by atoms with Crippen LogP contribution < -0.4 is 0 Å². The minimum absolute atomic E-state index is 0.0465. The van der Waals surface area contributed by atoms with Gasteiger partial charge in [-0.3, -0.25) is 4.90 Å². The molecule has 0 saturated heterocycles. The van der Waals surface area contributed by atoms with Gasteiger partial charge in [0.25, 0.3) is 0 Å². The van der Waals surface area contributed by atoms with Gasteiger partial charge < -0.3 is 10.2 Å². The van der Waals surface area contributed by atoms with E-state index in [4.69, 9.17) is 5.11 Å². The van der Waals surface area contributed by atoms with E-state index in [0.717, 1.165) is 6.07 Å². The fraction of sp³-hybridized carbons (Fsp3) is 0.538. The summed E-state index contributed by atoms with van der Waals surface area (Å²) in [6.45, 7) is 1.81. The topological polar surface area (TPSA) is 43.7 Å².